The average Bonchev–Trinajstić information content (AvgIpc) is 2.75. The minimum Gasteiger partial charge on any atom is -0.385 e. The zero-order valence-electron chi connectivity index (χ0n) is 12.0. The third kappa shape index (κ3) is 3.34. The molecule has 106 valence electrons. The van der Waals surface area contributed by atoms with Gasteiger partial charge in [0, 0.05) is 43.8 Å². The van der Waals surface area contributed by atoms with Crippen LogP contribution in [0.3, 0.4) is 0 Å². The van der Waals surface area contributed by atoms with Gasteiger partial charge in [-0.15, -0.1) is 0 Å². The van der Waals surface area contributed by atoms with Crippen molar-refractivity contribution in [2.75, 3.05) is 11.9 Å². The Labute approximate surface area is 118 Å². The molecule has 0 spiro atoms. The van der Waals surface area contributed by atoms with E-state index < -0.39 is 0 Å². The number of hydrogen-bond donors (Lipinski definition) is 2. The molecule has 0 aliphatic rings. The van der Waals surface area contributed by atoms with Crippen molar-refractivity contribution >= 4 is 11.6 Å². The maximum atomic E-state index is 12.1. The molecule has 6 heteroatoms. The number of carbonyl (C=O) groups excluding carboxylic acids is 1. The van der Waals surface area contributed by atoms with E-state index in [1.54, 1.807) is 16.9 Å². The van der Waals surface area contributed by atoms with Crippen LogP contribution in [0.1, 0.15) is 28.7 Å². The summed E-state index contributed by atoms with van der Waals surface area (Å²) in [6.07, 6.45) is 3.53. The lowest BCUT2D eigenvalue weighted by molar-refractivity contribution is 0.0946. The first kappa shape index (κ1) is 14.0. The maximum Gasteiger partial charge on any atom is 0.270 e. The molecular formula is C14H19N5O. The smallest absolute Gasteiger partial charge is 0.270 e. The lowest BCUT2D eigenvalue weighted by atomic mass is 10.2. The van der Waals surface area contributed by atoms with Crippen molar-refractivity contribution in [3.8, 4) is 0 Å². The van der Waals surface area contributed by atoms with Crippen LogP contribution in [0.5, 0.6) is 0 Å². The van der Waals surface area contributed by atoms with Gasteiger partial charge in [0.25, 0.3) is 5.91 Å². The van der Waals surface area contributed by atoms with E-state index in [0.717, 1.165) is 23.5 Å². The summed E-state index contributed by atoms with van der Waals surface area (Å²) < 4.78 is 1.74. The molecule has 2 aromatic rings. The molecule has 0 saturated carbocycles. The van der Waals surface area contributed by atoms with Crippen LogP contribution in [0, 0.1) is 6.92 Å². The van der Waals surface area contributed by atoms with Crippen LogP contribution in [0.25, 0.3) is 0 Å². The van der Waals surface area contributed by atoms with E-state index in [1.807, 2.05) is 33.2 Å². The third-order valence-electron chi connectivity index (χ3n) is 2.93. The van der Waals surface area contributed by atoms with Gasteiger partial charge in [0.15, 0.2) is 0 Å². The molecule has 0 aliphatic heterocycles. The van der Waals surface area contributed by atoms with E-state index in [0.29, 0.717) is 12.2 Å². The molecule has 0 unspecified atom stereocenters. The lowest BCUT2D eigenvalue weighted by Gasteiger charge is -2.06. The highest BCUT2D eigenvalue weighted by Gasteiger charge is 2.09. The van der Waals surface area contributed by atoms with Crippen LogP contribution in [-0.4, -0.2) is 27.2 Å². The van der Waals surface area contributed by atoms with E-state index >= 15 is 0 Å². The number of hydrogen-bond acceptors (Lipinski definition) is 4. The second-order valence-corrected chi connectivity index (χ2v) is 4.56. The van der Waals surface area contributed by atoms with Gasteiger partial charge < -0.3 is 10.6 Å². The second-order valence-electron chi connectivity index (χ2n) is 4.56. The van der Waals surface area contributed by atoms with Crippen LogP contribution in [0.2, 0.25) is 0 Å². The standard InChI is InChI=1S/C14H19N5O/c1-4-15-12-5-6-16-13(7-12)14(20)17-8-11-9-19(3)18-10(11)2/h5-7,9H,4,8H2,1-3H3,(H,15,16)(H,17,20). The van der Waals surface area contributed by atoms with Crippen molar-refractivity contribution in [2.45, 2.75) is 20.4 Å². The van der Waals surface area contributed by atoms with Crippen LogP contribution < -0.4 is 10.6 Å². The van der Waals surface area contributed by atoms with E-state index in [-0.39, 0.29) is 5.91 Å². The van der Waals surface area contributed by atoms with Gasteiger partial charge in [-0.3, -0.25) is 14.5 Å². The predicted octanol–water partition coefficient (Wildman–Crippen LogP) is 1.49. The fraction of sp³-hybridized carbons (Fsp3) is 0.357. The second kappa shape index (κ2) is 6.18. The van der Waals surface area contributed by atoms with Gasteiger partial charge >= 0.3 is 0 Å². The zero-order valence-corrected chi connectivity index (χ0v) is 12.0. The molecule has 20 heavy (non-hydrogen) atoms. The fourth-order valence-corrected chi connectivity index (χ4v) is 1.96. The topological polar surface area (TPSA) is 71.8 Å². The quantitative estimate of drug-likeness (QED) is 0.865. The van der Waals surface area contributed by atoms with Gasteiger partial charge in [0.1, 0.15) is 5.69 Å². The Morgan fingerprint density at radius 1 is 1.45 bits per heavy atom. The Kier molecular flexibility index (Phi) is 4.34. The van der Waals surface area contributed by atoms with Gasteiger partial charge in [-0.05, 0) is 26.0 Å². The Bertz CT molecular complexity index is 605. The Hall–Kier alpha value is -2.37. The molecule has 2 rings (SSSR count). The first-order valence-corrected chi connectivity index (χ1v) is 6.57. The van der Waals surface area contributed by atoms with E-state index in [1.165, 1.54) is 0 Å². The zero-order chi connectivity index (χ0) is 14.5. The molecule has 6 nitrogen and oxygen atoms in total. The number of nitrogens with one attached hydrogen (secondary N) is 2. The summed E-state index contributed by atoms with van der Waals surface area (Å²) in [5.41, 5.74) is 3.22. The number of rotatable bonds is 5. The van der Waals surface area contributed by atoms with Gasteiger partial charge in [0.05, 0.1) is 5.69 Å². The summed E-state index contributed by atoms with van der Waals surface area (Å²) in [6, 6.07) is 3.58. The molecule has 2 N–H and O–H groups in total. The van der Waals surface area contributed by atoms with Crippen LogP contribution >= 0.6 is 0 Å². The van der Waals surface area contributed by atoms with E-state index in [9.17, 15) is 4.79 Å². The number of anilines is 1. The highest BCUT2D eigenvalue weighted by Crippen LogP contribution is 2.08. The molecule has 2 heterocycles. The van der Waals surface area contributed by atoms with Gasteiger partial charge in [-0.2, -0.15) is 5.10 Å². The summed E-state index contributed by atoms with van der Waals surface area (Å²) in [4.78, 5) is 16.2. The lowest BCUT2D eigenvalue weighted by Crippen LogP contribution is -2.24. The van der Waals surface area contributed by atoms with Crippen molar-refractivity contribution in [3.05, 3.63) is 41.5 Å². The van der Waals surface area contributed by atoms with E-state index in [4.69, 9.17) is 0 Å². The highest BCUT2D eigenvalue weighted by molar-refractivity contribution is 5.93. The molecule has 0 atom stereocenters. The molecule has 0 aliphatic carbocycles. The van der Waals surface area contributed by atoms with E-state index in [2.05, 4.69) is 20.7 Å². The number of amides is 1. The third-order valence-corrected chi connectivity index (χ3v) is 2.93. The van der Waals surface area contributed by atoms with Crippen LogP contribution in [-0.2, 0) is 13.6 Å². The van der Waals surface area contributed by atoms with Crippen molar-refractivity contribution < 1.29 is 4.79 Å². The van der Waals surface area contributed by atoms with Crippen molar-refractivity contribution in [1.82, 2.24) is 20.1 Å². The molecule has 0 saturated heterocycles. The summed E-state index contributed by atoms with van der Waals surface area (Å²) in [5, 5.41) is 10.3. The van der Waals surface area contributed by atoms with Crippen LogP contribution in [0.4, 0.5) is 5.69 Å². The van der Waals surface area contributed by atoms with Crippen molar-refractivity contribution in [2.24, 2.45) is 7.05 Å². The predicted molar refractivity (Wildman–Crippen MR) is 77.5 cm³/mol. The molecule has 0 bridgehead atoms. The summed E-state index contributed by atoms with van der Waals surface area (Å²) in [6.45, 7) is 5.18. The van der Waals surface area contributed by atoms with Gasteiger partial charge in [-0.25, -0.2) is 0 Å². The number of aromatic nitrogens is 3. The molecule has 0 aromatic carbocycles. The Morgan fingerprint density at radius 3 is 2.90 bits per heavy atom. The number of aryl methyl sites for hydroxylation is 2. The molecule has 1 amide bonds. The molecule has 2 aromatic heterocycles. The number of pyridine rings is 1. The van der Waals surface area contributed by atoms with Gasteiger partial charge in [0.2, 0.25) is 0 Å². The van der Waals surface area contributed by atoms with Gasteiger partial charge in [-0.1, -0.05) is 0 Å². The minimum absolute atomic E-state index is 0.187. The van der Waals surface area contributed by atoms with Crippen molar-refractivity contribution in [3.63, 3.8) is 0 Å². The monoisotopic (exact) mass is 273 g/mol. The SMILES string of the molecule is CCNc1ccnc(C(=O)NCc2cn(C)nc2C)c1. The first-order chi connectivity index (χ1) is 9.60. The Morgan fingerprint density at radius 2 is 2.25 bits per heavy atom. The number of nitrogens with zero attached hydrogens (tertiary/aromatic N) is 3. The van der Waals surface area contributed by atoms with Crippen molar-refractivity contribution in [1.29, 1.82) is 0 Å². The Balaban J connectivity index is 2.01. The summed E-state index contributed by atoms with van der Waals surface area (Å²) in [5.74, 6) is -0.187. The van der Waals surface area contributed by atoms with Crippen LogP contribution in [0.15, 0.2) is 24.5 Å². The average molecular weight is 273 g/mol. The largest absolute Gasteiger partial charge is 0.385 e. The highest BCUT2D eigenvalue weighted by atomic mass is 16.1. The fourth-order valence-electron chi connectivity index (χ4n) is 1.96. The molecule has 0 radical (unpaired) electrons. The summed E-state index contributed by atoms with van der Waals surface area (Å²) >= 11 is 0. The normalized spacial score (nSPS) is 10.3. The summed E-state index contributed by atoms with van der Waals surface area (Å²) in [7, 11) is 1.86. The number of carbonyl (C=O) groups is 1. The molecular weight excluding hydrogens is 254 g/mol. The minimum atomic E-state index is -0.187. The maximum absolute atomic E-state index is 12.1. The first-order valence-electron chi connectivity index (χ1n) is 6.57. The molecule has 0 fully saturated rings.